The predicted molar refractivity (Wildman–Crippen MR) is 76.7 cm³/mol. The standard InChI is InChI=1S/C12H15ClN2O2S/c13-10-5-3-6-11(15(16)17)12(10)14-8-9-4-1-2-7-18-9/h3,5-6,9,14H,1-2,4,7-8H2. The number of benzene rings is 1. The van der Waals surface area contributed by atoms with Crippen molar-refractivity contribution in [2.45, 2.75) is 24.5 Å². The number of thioether (sulfide) groups is 1. The quantitative estimate of drug-likeness (QED) is 0.673. The zero-order valence-corrected chi connectivity index (χ0v) is 11.5. The third-order valence-electron chi connectivity index (χ3n) is 2.97. The Morgan fingerprint density at radius 1 is 1.50 bits per heavy atom. The second-order valence-corrected chi connectivity index (χ2v) is 6.08. The minimum atomic E-state index is -0.401. The summed E-state index contributed by atoms with van der Waals surface area (Å²) in [4.78, 5) is 10.5. The minimum absolute atomic E-state index is 0.0447. The summed E-state index contributed by atoms with van der Waals surface area (Å²) in [7, 11) is 0. The highest BCUT2D eigenvalue weighted by atomic mass is 35.5. The van der Waals surface area contributed by atoms with Crippen molar-refractivity contribution >= 4 is 34.7 Å². The maximum atomic E-state index is 10.9. The van der Waals surface area contributed by atoms with Crippen molar-refractivity contribution < 1.29 is 4.92 Å². The normalized spacial score (nSPS) is 19.5. The van der Waals surface area contributed by atoms with Gasteiger partial charge in [0.05, 0.1) is 9.95 Å². The van der Waals surface area contributed by atoms with Gasteiger partial charge in [-0.15, -0.1) is 0 Å². The number of hydrogen-bond donors (Lipinski definition) is 1. The predicted octanol–water partition coefficient (Wildman–Crippen LogP) is 3.95. The molecular formula is C12H15ClN2O2S. The number of para-hydroxylation sites is 1. The van der Waals surface area contributed by atoms with Gasteiger partial charge in [-0.2, -0.15) is 11.8 Å². The number of halogens is 1. The zero-order valence-electron chi connectivity index (χ0n) is 9.89. The van der Waals surface area contributed by atoms with Crippen molar-refractivity contribution in [3.63, 3.8) is 0 Å². The van der Waals surface area contributed by atoms with Crippen LogP contribution in [0.2, 0.25) is 5.02 Å². The Hall–Kier alpha value is -0.940. The van der Waals surface area contributed by atoms with Crippen molar-refractivity contribution in [3.05, 3.63) is 33.3 Å². The van der Waals surface area contributed by atoms with E-state index in [0.29, 0.717) is 16.0 Å². The van der Waals surface area contributed by atoms with Crippen LogP contribution in [0.4, 0.5) is 11.4 Å². The number of hydrogen-bond acceptors (Lipinski definition) is 4. The molecule has 1 heterocycles. The summed E-state index contributed by atoms with van der Waals surface area (Å²) < 4.78 is 0. The smallest absolute Gasteiger partial charge is 0.293 e. The Bertz CT molecular complexity index is 436. The van der Waals surface area contributed by atoms with Crippen LogP contribution in [0.25, 0.3) is 0 Å². The van der Waals surface area contributed by atoms with Crippen LogP contribution in [0.3, 0.4) is 0 Å². The van der Waals surface area contributed by atoms with Gasteiger partial charge in [0.25, 0.3) is 5.69 Å². The Balaban J connectivity index is 2.05. The lowest BCUT2D eigenvalue weighted by Gasteiger charge is -2.22. The number of nitrogens with zero attached hydrogens (tertiary/aromatic N) is 1. The van der Waals surface area contributed by atoms with E-state index in [-0.39, 0.29) is 5.69 Å². The maximum Gasteiger partial charge on any atom is 0.293 e. The van der Waals surface area contributed by atoms with Crippen molar-refractivity contribution in [2.75, 3.05) is 17.6 Å². The Morgan fingerprint density at radius 3 is 3.00 bits per heavy atom. The number of nitrogens with one attached hydrogen (secondary N) is 1. The Labute approximate surface area is 115 Å². The highest BCUT2D eigenvalue weighted by molar-refractivity contribution is 7.99. The fourth-order valence-corrected chi connectivity index (χ4v) is 3.50. The summed E-state index contributed by atoms with van der Waals surface area (Å²) >= 11 is 7.94. The van der Waals surface area contributed by atoms with Gasteiger partial charge in [0.1, 0.15) is 5.69 Å². The number of anilines is 1. The molecule has 0 amide bonds. The van der Waals surface area contributed by atoms with E-state index >= 15 is 0 Å². The summed E-state index contributed by atoms with van der Waals surface area (Å²) in [6, 6.07) is 4.74. The van der Waals surface area contributed by atoms with E-state index in [1.807, 2.05) is 11.8 Å². The third kappa shape index (κ3) is 3.29. The molecule has 0 bridgehead atoms. The van der Waals surface area contributed by atoms with Gasteiger partial charge in [0, 0.05) is 17.9 Å². The summed E-state index contributed by atoms with van der Waals surface area (Å²) in [5.74, 6) is 1.18. The molecule has 0 radical (unpaired) electrons. The third-order valence-corrected chi connectivity index (χ3v) is 4.68. The second kappa shape index (κ2) is 6.29. The molecule has 6 heteroatoms. The molecular weight excluding hydrogens is 272 g/mol. The van der Waals surface area contributed by atoms with Gasteiger partial charge in [0.2, 0.25) is 0 Å². The molecule has 4 nitrogen and oxygen atoms in total. The van der Waals surface area contributed by atoms with Crippen LogP contribution in [0.5, 0.6) is 0 Å². The maximum absolute atomic E-state index is 10.9. The average molecular weight is 287 g/mol. The largest absolute Gasteiger partial charge is 0.377 e. The Kier molecular flexibility index (Phi) is 4.72. The highest BCUT2D eigenvalue weighted by Crippen LogP contribution is 2.33. The molecule has 1 aromatic rings. The molecule has 2 rings (SSSR count). The molecule has 1 fully saturated rings. The number of nitro groups is 1. The van der Waals surface area contributed by atoms with Crippen molar-refractivity contribution in [2.24, 2.45) is 0 Å². The summed E-state index contributed by atoms with van der Waals surface area (Å²) in [6.45, 7) is 0.731. The van der Waals surface area contributed by atoms with Crippen LogP contribution in [0.1, 0.15) is 19.3 Å². The van der Waals surface area contributed by atoms with E-state index in [4.69, 9.17) is 11.6 Å². The summed E-state index contributed by atoms with van der Waals surface area (Å²) in [5.41, 5.74) is 0.485. The molecule has 1 unspecified atom stereocenters. The first kappa shape index (κ1) is 13.5. The van der Waals surface area contributed by atoms with Crippen LogP contribution in [0.15, 0.2) is 18.2 Å². The molecule has 0 spiro atoms. The van der Waals surface area contributed by atoms with Crippen molar-refractivity contribution in [3.8, 4) is 0 Å². The van der Waals surface area contributed by atoms with Crippen molar-refractivity contribution in [1.29, 1.82) is 0 Å². The molecule has 1 aromatic carbocycles. The summed E-state index contributed by atoms with van der Waals surface area (Å²) in [6.07, 6.45) is 3.67. The second-order valence-electron chi connectivity index (χ2n) is 4.26. The molecule has 1 aliphatic rings. The monoisotopic (exact) mass is 286 g/mol. The molecule has 98 valence electrons. The molecule has 1 aliphatic heterocycles. The van der Waals surface area contributed by atoms with E-state index in [1.165, 1.54) is 24.7 Å². The average Bonchev–Trinajstić information content (AvgIpc) is 2.38. The lowest BCUT2D eigenvalue weighted by atomic mass is 10.2. The van der Waals surface area contributed by atoms with Crippen LogP contribution in [-0.4, -0.2) is 22.5 Å². The first-order valence-electron chi connectivity index (χ1n) is 5.97. The fourth-order valence-electron chi connectivity index (χ4n) is 2.02. The number of nitro benzene ring substituents is 1. The molecule has 0 aromatic heterocycles. The van der Waals surface area contributed by atoms with Crippen LogP contribution in [-0.2, 0) is 0 Å². The van der Waals surface area contributed by atoms with Gasteiger partial charge in [-0.3, -0.25) is 10.1 Å². The fraction of sp³-hybridized carbons (Fsp3) is 0.500. The lowest BCUT2D eigenvalue weighted by molar-refractivity contribution is -0.383. The van der Waals surface area contributed by atoms with Gasteiger partial charge < -0.3 is 5.32 Å². The van der Waals surface area contributed by atoms with E-state index in [0.717, 1.165) is 13.0 Å². The van der Waals surface area contributed by atoms with Gasteiger partial charge in [-0.25, -0.2) is 0 Å². The van der Waals surface area contributed by atoms with Gasteiger partial charge in [-0.05, 0) is 24.7 Å². The lowest BCUT2D eigenvalue weighted by Crippen LogP contribution is -2.20. The molecule has 18 heavy (non-hydrogen) atoms. The van der Waals surface area contributed by atoms with Gasteiger partial charge in [0.15, 0.2) is 0 Å². The zero-order chi connectivity index (χ0) is 13.0. The highest BCUT2D eigenvalue weighted by Gasteiger charge is 2.19. The molecule has 1 saturated heterocycles. The first-order chi connectivity index (χ1) is 8.68. The van der Waals surface area contributed by atoms with Crippen LogP contribution < -0.4 is 5.32 Å². The van der Waals surface area contributed by atoms with Crippen molar-refractivity contribution in [1.82, 2.24) is 0 Å². The van der Waals surface area contributed by atoms with Crippen LogP contribution >= 0.6 is 23.4 Å². The van der Waals surface area contributed by atoms with E-state index in [2.05, 4.69) is 5.32 Å². The van der Waals surface area contributed by atoms with E-state index in [9.17, 15) is 10.1 Å². The van der Waals surface area contributed by atoms with E-state index in [1.54, 1.807) is 12.1 Å². The first-order valence-corrected chi connectivity index (χ1v) is 7.39. The molecule has 1 atom stereocenters. The van der Waals surface area contributed by atoms with E-state index < -0.39 is 4.92 Å². The Morgan fingerprint density at radius 2 is 2.33 bits per heavy atom. The van der Waals surface area contributed by atoms with Gasteiger partial charge in [-0.1, -0.05) is 24.1 Å². The topological polar surface area (TPSA) is 55.2 Å². The molecule has 0 saturated carbocycles. The SMILES string of the molecule is O=[N+]([O-])c1cccc(Cl)c1NCC1CCCCS1. The van der Waals surface area contributed by atoms with Crippen LogP contribution in [0, 0.1) is 10.1 Å². The summed E-state index contributed by atoms with van der Waals surface area (Å²) in [5, 5.41) is 15.0. The molecule has 1 N–H and O–H groups in total. The van der Waals surface area contributed by atoms with Gasteiger partial charge >= 0.3 is 0 Å². The molecule has 0 aliphatic carbocycles. The number of rotatable bonds is 4. The minimum Gasteiger partial charge on any atom is -0.377 e.